The number of hydrogen-bond acceptors (Lipinski definition) is 4. The fraction of sp³-hybridized carbons (Fsp3) is 0.250. The zero-order valence-electron chi connectivity index (χ0n) is 7.68. The lowest BCUT2D eigenvalue weighted by Gasteiger charge is -2.11. The van der Waals surface area contributed by atoms with E-state index in [1.807, 2.05) is 0 Å². The lowest BCUT2D eigenvalue weighted by atomic mass is 10.2. The van der Waals surface area contributed by atoms with Crippen LogP contribution >= 0.6 is 11.6 Å². The maximum atomic E-state index is 12.0. The number of nitrogens with two attached hydrogens (primary N) is 1. The van der Waals surface area contributed by atoms with Crippen molar-refractivity contribution in [3.05, 3.63) is 17.3 Å². The predicted octanol–water partition coefficient (Wildman–Crippen LogP) is 2.17. The van der Waals surface area contributed by atoms with Crippen molar-refractivity contribution < 1.29 is 17.9 Å². The molecule has 0 spiro atoms. The van der Waals surface area contributed by atoms with E-state index in [1.165, 1.54) is 0 Å². The molecule has 2 N–H and O–H groups in total. The number of aromatic nitrogens is 1. The Bertz CT molecular complexity index is 441. The first-order valence-corrected chi connectivity index (χ1v) is 4.42. The van der Waals surface area contributed by atoms with Crippen LogP contribution < -0.4 is 10.5 Å². The van der Waals surface area contributed by atoms with Gasteiger partial charge < -0.3 is 10.5 Å². The van der Waals surface area contributed by atoms with Crippen LogP contribution in [0.1, 0.15) is 11.3 Å². The minimum absolute atomic E-state index is 0.0320. The lowest BCUT2D eigenvalue weighted by molar-refractivity contribution is -0.276. The van der Waals surface area contributed by atoms with Crippen LogP contribution in [-0.2, 0) is 5.88 Å². The summed E-state index contributed by atoms with van der Waals surface area (Å²) in [5, 5.41) is 8.54. The van der Waals surface area contributed by atoms with Crippen molar-refractivity contribution in [1.29, 1.82) is 5.26 Å². The molecule has 0 aromatic carbocycles. The zero-order valence-corrected chi connectivity index (χ0v) is 8.43. The van der Waals surface area contributed by atoms with Gasteiger partial charge in [-0.25, -0.2) is 0 Å². The Morgan fingerprint density at radius 2 is 2.19 bits per heavy atom. The van der Waals surface area contributed by atoms with Gasteiger partial charge in [0.05, 0.1) is 11.6 Å². The number of nitrogen functional groups attached to an aromatic ring is 1. The molecule has 4 nitrogen and oxygen atoms in total. The molecule has 8 heteroatoms. The first-order valence-electron chi connectivity index (χ1n) is 3.88. The van der Waals surface area contributed by atoms with E-state index in [0.29, 0.717) is 0 Å². The standard InChI is InChI=1S/C8H5ClF3N3O/c9-2-4-1-5(14)6(3-13)15-7(4)16-8(10,11)12/h1H,2,14H2. The summed E-state index contributed by atoms with van der Waals surface area (Å²) >= 11 is 5.40. The van der Waals surface area contributed by atoms with Gasteiger partial charge in [-0.3, -0.25) is 0 Å². The Balaban J connectivity index is 3.21. The van der Waals surface area contributed by atoms with Crippen LogP contribution in [0, 0.1) is 11.3 Å². The quantitative estimate of drug-likeness (QED) is 0.818. The van der Waals surface area contributed by atoms with E-state index in [1.54, 1.807) is 6.07 Å². The number of hydrogen-bond donors (Lipinski definition) is 1. The van der Waals surface area contributed by atoms with E-state index >= 15 is 0 Å². The van der Waals surface area contributed by atoms with Crippen LogP contribution in [0.25, 0.3) is 0 Å². The zero-order chi connectivity index (χ0) is 12.3. The number of halogens is 4. The third kappa shape index (κ3) is 2.90. The van der Waals surface area contributed by atoms with Crippen LogP contribution in [-0.4, -0.2) is 11.3 Å². The molecule has 0 aliphatic heterocycles. The molecule has 0 atom stereocenters. The highest BCUT2D eigenvalue weighted by Crippen LogP contribution is 2.28. The Labute approximate surface area is 93.4 Å². The summed E-state index contributed by atoms with van der Waals surface area (Å²) in [5.74, 6) is -1.01. The van der Waals surface area contributed by atoms with Gasteiger partial charge in [0.25, 0.3) is 0 Å². The van der Waals surface area contributed by atoms with E-state index in [4.69, 9.17) is 22.6 Å². The van der Waals surface area contributed by atoms with Crippen LogP contribution in [0.5, 0.6) is 5.88 Å². The monoisotopic (exact) mass is 251 g/mol. The van der Waals surface area contributed by atoms with Gasteiger partial charge in [0.15, 0.2) is 5.69 Å². The van der Waals surface area contributed by atoms with E-state index in [-0.39, 0.29) is 22.8 Å². The van der Waals surface area contributed by atoms with E-state index < -0.39 is 12.2 Å². The molecule has 1 aromatic rings. The van der Waals surface area contributed by atoms with Crippen molar-refractivity contribution in [3.63, 3.8) is 0 Å². The number of nitrogens with zero attached hydrogens (tertiary/aromatic N) is 2. The second-order valence-corrected chi connectivity index (χ2v) is 2.95. The summed E-state index contributed by atoms with van der Waals surface area (Å²) in [5.41, 5.74) is 4.94. The second-order valence-electron chi connectivity index (χ2n) is 2.68. The van der Waals surface area contributed by atoms with Crippen molar-refractivity contribution in [2.75, 3.05) is 5.73 Å². The number of alkyl halides is 4. The molecule has 0 radical (unpaired) electrons. The minimum atomic E-state index is -4.89. The van der Waals surface area contributed by atoms with Crippen LogP contribution in [0.4, 0.5) is 18.9 Å². The van der Waals surface area contributed by atoms with Gasteiger partial charge in [0.1, 0.15) is 6.07 Å². The topological polar surface area (TPSA) is 71.9 Å². The highest BCUT2D eigenvalue weighted by molar-refractivity contribution is 6.17. The first-order chi connectivity index (χ1) is 7.37. The maximum Gasteiger partial charge on any atom is 0.574 e. The maximum absolute atomic E-state index is 12.0. The van der Waals surface area contributed by atoms with Gasteiger partial charge in [-0.2, -0.15) is 10.2 Å². The molecular weight excluding hydrogens is 247 g/mol. The molecule has 0 amide bonds. The van der Waals surface area contributed by atoms with Crippen molar-refractivity contribution >= 4 is 17.3 Å². The molecule has 0 aliphatic carbocycles. The summed E-state index contributed by atoms with van der Waals surface area (Å²) in [6.07, 6.45) is -4.89. The number of ether oxygens (including phenoxy) is 1. The molecule has 1 rings (SSSR count). The molecular formula is C8H5ClF3N3O. The molecule has 1 heterocycles. The largest absolute Gasteiger partial charge is 0.574 e. The van der Waals surface area contributed by atoms with Crippen molar-refractivity contribution in [3.8, 4) is 11.9 Å². The molecule has 0 fully saturated rings. The van der Waals surface area contributed by atoms with Crippen molar-refractivity contribution in [2.24, 2.45) is 0 Å². The van der Waals surface area contributed by atoms with Gasteiger partial charge in [0, 0.05) is 5.56 Å². The summed E-state index contributed by atoms with van der Waals surface area (Å²) in [6, 6.07) is 2.67. The number of rotatable bonds is 2. The van der Waals surface area contributed by atoms with Crippen LogP contribution in [0.15, 0.2) is 6.07 Å². The summed E-state index contributed by atoms with van der Waals surface area (Å²) in [6.45, 7) is 0. The Morgan fingerprint density at radius 3 is 2.62 bits per heavy atom. The Kier molecular flexibility index (Phi) is 3.44. The molecule has 0 bridgehead atoms. The third-order valence-electron chi connectivity index (χ3n) is 1.55. The van der Waals surface area contributed by atoms with Gasteiger partial charge in [-0.1, -0.05) is 0 Å². The number of nitriles is 1. The molecule has 0 saturated carbocycles. The lowest BCUT2D eigenvalue weighted by Crippen LogP contribution is -2.19. The summed E-state index contributed by atoms with van der Waals surface area (Å²) < 4.78 is 39.5. The molecule has 0 aliphatic rings. The Morgan fingerprint density at radius 1 is 1.56 bits per heavy atom. The fourth-order valence-corrected chi connectivity index (χ4v) is 1.13. The average Bonchev–Trinajstić information content (AvgIpc) is 2.18. The van der Waals surface area contributed by atoms with E-state index in [0.717, 1.165) is 6.07 Å². The fourth-order valence-electron chi connectivity index (χ4n) is 0.939. The van der Waals surface area contributed by atoms with E-state index in [2.05, 4.69) is 9.72 Å². The predicted molar refractivity (Wildman–Crippen MR) is 49.6 cm³/mol. The van der Waals surface area contributed by atoms with Crippen LogP contribution in [0.3, 0.4) is 0 Å². The minimum Gasteiger partial charge on any atom is -0.396 e. The Hall–Kier alpha value is -1.68. The van der Waals surface area contributed by atoms with Crippen molar-refractivity contribution in [1.82, 2.24) is 4.98 Å². The molecule has 0 saturated heterocycles. The van der Waals surface area contributed by atoms with Gasteiger partial charge in [-0.15, -0.1) is 24.8 Å². The second kappa shape index (κ2) is 4.45. The van der Waals surface area contributed by atoms with Crippen LogP contribution in [0.2, 0.25) is 0 Å². The average molecular weight is 252 g/mol. The molecule has 1 aromatic heterocycles. The van der Waals surface area contributed by atoms with Crippen molar-refractivity contribution in [2.45, 2.75) is 12.2 Å². The number of anilines is 1. The van der Waals surface area contributed by atoms with Gasteiger partial charge in [-0.05, 0) is 6.07 Å². The normalized spacial score (nSPS) is 10.9. The first kappa shape index (κ1) is 12.4. The highest BCUT2D eigenvalue weighted by Gasteiger charge is 2.33. The number of pyridine rings is 1. The third-order valence-corrected chi connectivity index (χ3v) is 1.84. The van der Waals surface area contributed by atoms with E-state index in [9.17, 15) is 13.2 Å². The van der Waals surface area contributed by atoms with Gasteiger partial charge >= 0.3 is 6.36 Å². The molecule has 16 heavy (non-hydrogen) atoms. The molecule has 86 valence electrons. The summed E-state index contributed by atoms with van der Waals surface area (Å²) in [4.78, 5) is 3.33. The van der Waals surface area contributed by atoms with Gasteiger partial charge in [0.2, 0.25) is 5.88 Å². The SMILES string of the molecule is N#Cc1nc(OC(F)(F)F)c(CCl)cc1N. The smallest absolute Gasteiger partial charge is 0.396 e. The molecule has 0 unspecified atom stereocenters. The summed E-state index contributed by atoms with van der Waals surface area (Å²) in [7, 11) is 0. The highest BCUT2D eigenvalue weighted by atomic mass is 35.5.